The highest BCUT2D eigenvalue weighted by Gasteiger charge is 2.33. The first-order valence-corrected chi connectivity index (χ1v) is 11.2. The number of nitrogens with one attached hydrogen (secondary N) is 2. The molecule has 1 fully saturated rings. The fraction of sp³-hybridized carbons (Fsp3) is 0.600. The van der Waals surface area contributed by atoms with Gasteiger partial charge in [-0.1, -0.05) is 56.5 Å². The molecule has 3 atom stereocenters. The summed E-state index contributed by atoms with van der Waals surface area (Å²) in [5, 5.41) is 6.35. The average molecular weight is 397 g/mol. The maximum Gasteiger partial charge on any atom is 0.251 e. The van der Waals surface area contributed by atoms with Crippen molar-refractivity contribution < 1.29 is 9.59 Å². The first-order chi connectivity index (χ1) is 13.9. The summed E-state index contributed by atoms with van der Waals surface area (Å²) in [6.45, 7) is 7.30. The highest BCUT2D eigenvalue weighted by atomic mass is 16.2. The molecule has 3 rings (SSSR count). The lowest BCUT2D eigenvalue weighted by Gasteiger charge is -2.37. The molecule has 2 aliphatic carbocycles. The summed E-state index contributed by atoms with van der Waals surface area (Å²) in [6.07, 6.45) is 8.65. The fourth-order valence-electron chi connectivity index (χ4n) is 4.99. The van der Waals surface area contributed by atoms with Crippen LogP contribution < -0.4 is 10.6 Å². The van der Waals surface area contributed by atoms with Crippen LogP contribution in [0, 0.1) is 23.7 Å². The summed E-state index contributed by atoms with van der Waals surface area (Å²) in [5.41, 5.74) is 1.99. The monoisotopic (exact) mass is 396 g/mol. The van der Waals surface area contributed by atoms with Crippen LogP contribution in [-0.4, -0.2) is 24.4 Å². The molecule has 29 heavy (non-hydrogen) atoms. The molecule has 0 bridgehead atoms. The van der Waals surface area contributed by atoms with Crippen LogP contribution in [0.2, 0.25) is 0 Å². The Balaban J connectivity index is 1.59. The Morgan fingerprint density at radius 2 is 1.79 bits per heavy atom. The smallest absolute Gasteiger partial charge is 0.251 e. The van der Waals surface area contributed by atoms with Gasteiger partial charge in [0.25, 0.3) is 5.91 Å². The Morgan fingerprint density at radius 1 is 1.10 bits per heavy atom. The predicted octanol–water partition coefficient (Wildman–Crippen LogP) is 4.72. The van der Waals surface area contributed by atoms with Gasteiger partial charge in [-0.2, -0.15) is 0 Å². The summed E-state index contributed by atoms with van der Waals surface area (Å²) in [6, 6.07) is 9.76. The molecule has 2 N–H and O–H groups in total. The largest absolute Gasteiger partial charge is 0.353 e. The van der Waals surface area contributed by atoms with Gasteiger partial charge in [-0.25, -0.2) is 0 Å². The third kappa shape index (κ3) is 5.94. The molecule has 1 aromatic rings. The van der Waals surface area contributed by atoms with Crippen LogP contribution >= 0.6 is 0 Å². The minimum absolute atomic E-state index is 0.0165. The van der Waals surface area contributed by atoms with Gasteiger partial charge in [0.1, 0.15) is 0 Å². The second kappa shape index (κ2) is 10.1. The van der Waals surface area contributed by atoms with E-state index < -0.39 is 0 Å². The van der Waals surface area contributed by atoms with E-state index in [4.69, 9.17) is 0 Å². The van der Waals surface area contributed by atoms with Crippen molar-refractivity contribution in [3.8, 4) is 0 Å². The normalized spacial score (nSPS) is 25.0. The first kappa shape index (κ1) is 21.6. The summed E-state index contributed by atoms with van der Waals surface area (Å²) in [7, 11) is 0. The van der Waals surface area contributed by atoms with Gasteiger partial charge in [-0.15, -0.1) is 0 Å². The van der Waals surface area contributed by atoms with Crippen molar-refractivity contribution in [3.05, 3.63) is 47.5 Å². The molecule has 2 amide bonds. The molecular weight excluding hydrogens is 360 g/mol. The predicted molar refractivity (Wildman–Crippen MR) is 117 cm³/mol. The molecule has 0 aliphatic heterocycles. The van der Waals surface area contributed by atoms with Crippen LogP contribution in [0.1, 0.15) is 69.7 Å². The van der Waals surface area contributed by atoms with Gasteiger partial charge in [0, 0.05) is 24.6 Å². The summed E-state index contributed by atoms with van der Waals surface area (Å²) in [4.78, 5) is 25.0. The van der Waals surface area contributed by atoms with E-state index in [-0.39, 0.29) is 11.8 Å². The topological polar surface area (TPSA) is 58.2 Å². The molecule has 0 heterocycles. The standard InChI is InChI=1S/C25H36N2O2/c1-17(2)23-14-20(15-24(28)27-22-11-7-8-12-22)18(3)13-21(23)16-26-25(29)19-9-5-4-6-10-19/h4-6,9-10,13,17,20-23H,7-8,11-12,14-16H2,1-3H3,(H,26,29)(H,27,28). The molecule has 1 aromatic carbocycles. The van der Waals surface area contributed by atoms with Gasteiger partial charge in [0.2, 0.25) is 5.91 Å². The SMILES string of the molecule is CC1=CC(CNC(=O)c2ccccc2)C(C(C)C)CC1CC(=O)NC1CCCC1. The van der Waals surface area contributed by atoms with E-state index in [0.717, 1.165) is 19.3 Å². The highest BCUT2D eigenvalue weighted by molar-refractivity contribution is 5.94. The number of carbonyl (C=O) groups is 2. The van der Waals surface area contributed by atoms with Crippen molar-refractivity contribution in [3.63, 3.8) is 0 Å². The lowest BCUT2D eigenvalue weighted by molar-refractivity contribution is -0.122. The Labute approximate surface area is 175 Å². The van der Waals surface area contributed by atoms with Gasteiger partial charge in [0.15, 0.2) is 0 Å². The zero-order valence-corrected chi connectivity index (χ0v) is 18.1. The lowest BCUT2D eigenvalue weighted by Crippen LogP contribution is -2.38. The van der Waals surface area contributed by atoms with Crippen molar-refractivity contribution in [1.82, 2.24) is 10.6 Å². The summed E-state index contributed by atoms with van der Waals surface area (Å²) < 4.78 is 0. The number of amides is 2. The van der Waals surface area contributed by atoms with E-state index in [0.29, 0.717) is 48.2 Å². The van der Waals surface area contributed by atoms with Gasteiger partial charge in [-0.05, 0) is 62.0 Å². The third-order valence-corrected chi connectivity index (χ3v) is 6.77. The number of benzene rings is 1. The van der Waals surface area contributed by atoms with Crippen LogP contribution in [0.3, 0.4) is 0 Å². The van der Waals surface area contributed by atoms with Gasteiger partial charge < -0.3 is 10.6 Å². The number of rotatable bonds is 7. The minimum atomic E-state index is -0.0165. The zero-order valence-electron chi connectivity index (χ0n) is 18.1. The number of allylic oxidation sites excluding steroid dienone is 1. The Hall–Kier alpha value is -2.10. The summed E-state index contributed by atoms with van der Waals surface area (Å²) >= 11 is 0. The van der Waals surface area contributed by atoms with Crippen molar-refractivity contribution in [1.29, 1.82) is 0 Å². The van der Waals surface area contributed by atoms with Gasteiger partial charge >= 0.3 is 0 Å². The van der Waals surface area contributed by atoms with E-state index in [1.54, 1.807) is 0 Å². The maximum atomic E-state index is 12.5. The average Bonchev–Trinajstić information content (AvgIpc) is 3.21. The van der Waals surface area contributed by atoms with Crippen LogP contribution in [0.5, 0.6) is 0 Å². The molecule has 158 valence electrons. The van der Waals surface area contributed by atoms with Crippen LogP contribution in [0.25, 0.3) is 0 Å². The molecule has 0 aromatic heterocycles. The fourth-order valence-corrected chi connectivity index (χ4v) is 4.99. The summed E-state index contributed by atoms with van der Waals surface area (Å²) in [5.74, 6) is 1.80. The number of hydrogen-bond donors (Lipinski definition) is 2. The number of hydrogen-bond acceptors (Lipinski definition) is 2. The Kier molecular flexibility index (Phi) is 7.51. The Morgan fingerprint density at radius 3 is 2.45 bits per heavy atom. The second-order valence-corrected chi connectivity index (χ2v) is 9.24. The highest BCUT2D eigenvalue weighted by Crippen LogP contribution is 2.38. The zero-order chi connectivity index (χ0) is 20.8. The molecule has 0 saturated heterocycles. The minimum Gasteiger partial charge on any atom is -0.353 e. The molecule has 2 aliphatic rings. The van der Waals surface area contributed by atoms with E-state index in [2.05, 4.69) is 37.5 Å². The maximum absolute atomic E-state index is 12.5. The molecule has 4 nitrogen and oxygen atoms in total. The first-order valence-electron chi connectivity index (χ1n) is 11.2. The second-order valence-electron chi connectivity index (χ2n) is 9.24. The van der Waals surface area contributed by atoms with Crippen molar-refractivity contribution in [2.75, 3.05) is 6.54 Å². The quantitative estimate of drug-likeness (QED) is 0.655. The van der Waals surface area contributed by atoms with Crippen molar-refractivity contribution >= 4 is 11.8 Å². The van der Waals surface area contributed by atoms with Crippen LogP contribution in [-0.2, 0) is 4.79 Å². The van der Waals surface area contributed by atoms with Gasteiger partial charge in [0.05, 0.1) is 0 Å². The van der Waals surface area contributed by atoms with Crippen LogP contribution in [0.4, 0.5) is 0 Å². The molecule has 1 saturated carbocycles. The molecular formula is C25H36N2O2. The Bertz CT molecular complexity index is 720. The van der Waals surface area contributed by atoms with Crippen molar-refractivity contribution in [2.45, 2.75) is 65.3 Å². The molecule has 0 spiro atoms. The number of carbonyl (C=O) groups excluding carboxylic acids is 2. The van der Waals surface area contributed by atoms with E-state index in [9.17, 15) is 9.59 Å². The van der Waals surface area contributed by atoms with E-state index >= 15 is 0 Å². The van der Waals surface area contributed by atoms with Gasteiger partial charge in [-0.3, -0.25) is 9.59 Å². The van der Waals surface area contributed by atoms with E-state index in [1.807, 2.05) is 30.3 Å². The van der Waals surface area contributed by atoms with Crippen molar-refractivity contribution in [2.24, 2.45) is 23.7 Å². The lowest BCUT2D eigenvalue weighted by atomic mass is 9.69. The van der Waals surface area contributed by atoms with E-state index in [1.165, 1.54) is 18.4 Å². The van der Waals surface area contributed by atoms with Crippen LogP contribution in [0.15, 0.2) is 42.0 Å². The molecule has 0 radical (unpaired) electrons. The molecule has 4 heteroatoms. The molecule has 3 unspecified atom stereocenters. The third-order valence-electron chi connectivity index (χ3n) is 6.77.